The van der Waals surface area contributed by atoms with Crippen LogP contribution in [0.2, 0.25) is 0 Å². The molecule has 13 heavy (non-hydrogen) atoms. The largest absolute Gasteiger partial charge is 0.370 e. The maximum Gasteiger partial charge on any atom is 0.264 e. The monoisotopic (exact) mass is 210 g/mol. The van der Waals surface area contributed by atoms with Crippen LogP contribution < -0.4 is 11.1 Å². The summed E-state index contributed by atoms with van der Waals surface area (Å²) in [4.78, 5) is 10.2. The molecule has 0 aromatic heterocycles. The van der Waals surface area contributed by atoms with Gasteiger partial charge in [-0.1, -0.05) is 0 Å². The Hall–Kier alpha value is -0.660. The van der Waals surface area contributed by atoms with Crippen LogP contribution in [0.15, 0.2) is 0 Å². The van der Waals surface area contributed by atoms with Gasteiger partial charge in [-0.25, -0.2) is 0 Å². The van der Waals surface area contributed by atoms with Crippen molar-refractivity contribution in [3.05, 3.63) is 0 Å². The molecule has 1 amide bonds. The zero-order chi connectivity index (χ0) is 10.3. The Morgan fingerprint density at radius 2 is 2.00 bits per heavy atom. The number of nitrogens with one attached hydrogen (secondary N) is 1. The van der Waals surface area contributed by atoms with Gasteiger partial charge in [0.1, 0.15) is 0 Å². The van der Waals surface area contributed by atoms with Crippen molar-refractivity contribution in [2.75, 3.05) is 18.8 Å². The summed E-state index contributed by atoms with van der Waals surface area (Å²) < 4.78 is 28.8. The molecule has 0 saturated carbocycles. The van der Waals surface area contributed by atoms with Gasteiger partial charge >= 0.3 is 0 Å². The molecular weight excluding hydrogens is 196 g/mol. The van der Waals surface area contributed by atoms with Crippen molar-refractivity contribution >= 4 is 16.0 Å². The minimum absolute atomic E-state index is 0.228. The summed E-state index contributed by atoms with van der Waals surface area (Å²) in [5.41, 5.74) is 4.86. The summed E-state index contributed by atoms with van der Waals surface area (Å²) in [6.45, 7) is 0.869. The first kappa shape index (κ1) is 12.3. The molecule has 0 aliphatic heterocycles. The van der Waals surface area contributed by atoms with Crippen LogP contribution in [0.5, 0.6) is 0 Å². The number of amides is 1. The zero-order valence-electron chi connectivity index (χ0n) is 7.19. The Bertz CT molecular complexity index is 249. The predicted octanol–water partition coefficient (Wildman–Crippen LogP) is -1.27. The first-order chi connectivity index (χ1) is 5.92. The molecule has 0 bridgehead atoms. The molecule has 0 fully saturated rings. The maximum atomic E-state index is 10.2. The second-order valence-electron chi connectivity index (χ2n) is 2.61. The SMILES string of the molecule is NC(=O)CCNCCCS(=O)(=O)O. The maximum absolute atomic E-state index is 10.2. The van der Waals surface area contributed by atoms with Crippen LogP contribution in [0.4, 0.5) is 0 Å². The molecule has 0 unspecified atom stereocenters. The van der Waals surface area contributed by atoms with E-state index in [2.05, 4.69) is 5.32 Å². The average molecular weight is 210 g/mol. The van der Waals surface area contributed by atoms with Crippen LogP contribution in [-0.2, 0) is 14.9 Å². The van der Waals surface area contributed by atoms with E-state index in [1.54, 1.807) is 0 Å². The number of carbonyl (C=O) groups is 1. The average Bonchev–Trinajstić information content (AvgIpc) is 1.93. The van der Waals surface area contributed by atoms with Gasteiger partial charge in [-0.2, -0.15) is 8.42 Å². The lowest BCUT2D eigenvalue weighted by molar-refractivity contribution is -0.117. The van der Waals surface area contributed by atoms with E-state index < -0.39 is 16.0 Å². The normalized spacial score (nSPS) is 11.5. The van der Waals surface area contributed by atoms with Gasteiger partial charge in [-0.05, 0) is 13.0 Å². The predicted molar refractivity (Wildman–Crippen MR) is 47.7 cm³/mol. The fourth-order valence-electron chi connectivity index (χ4n) is 0.716. The van der Waals surface area contributed by atoms with Crippen molar-refractivity contribution in [3.63, 3.8) is 0 Å². The van der Waals surface area contributed by atoms with Crippen molar-refractivity contribution in [1.29, 1.82) is 0 Å². The first-order valence-corrected chi connectivity index (χ1v) is 5.47. The second-order valence-corrected chi connectivity index (χ2v) is 4.18. The standard InChI is InChI=1S/C6H14N2O4S/c7-6(9)2-4-8-3-1-5-13(10,11)12/h8H,1-5H2,(H2,7,9)(H,10,11,12). The van der Waals surface area contributed by atoms with Crippen LogP contribution in [0.25, 0.3) is 0 Å². The van der Waals surface area contributed by atoms with Crippen molar-refractivity contribution in [2.45, 2.75) is 12.8 Å². The number of primary amides is 1. The van der Waals surface area contributed by atoms with Gasteiger partial charge < -0.3 is 11.1 Å². The van der Waals surface area contributed by atoms with Crippen LogP contribution in [-0.4, -0.2) is 37.7 Å². The van der Waals surface area contributed by atoms with Crippen LogP contribution in [0, 0.1) is 0 Å². The lowest BCUT2D eigenvalue weighted by atomic mass is 10.4. The molecule has 0 radical (unpaired) electrons. The third-order valence-electron chi connectivity index (χ3n) is 1.30. The summed E-state index contributed by atoms with van der Waals surface area (Å²) in [6.07, 6.45) is 0.545. The van der Waals surface area contributed by atoms with Gasteiger partial charge in [-0.15, -0.1) is 0 Å². The molecule has 7 heteroatoms. The minimum Gasteiger partial charge on any atom is -0.370 e. The lowest BCUT2D eigenvalue weighted by Gasteiger charge is -2.01. The van der Waals surface area contributed by atoms with Gasteiger partial charge in [0.25, 0.3) is 10.1 Å². The van der Waals surface area contributed by atoms with Crippen molar-refractivity contribution in [3.8, 4) is 0 Å². The Labute approximate surface area is 77.2 Å². The molecule has 0 aromatic carbocycles. The smallest absolute Gasteiger partial charge is 0.264 e. The van der Waals surface area contributed by atoms with E-state index in [1.165, 1.54) is 0 Å². The molecule has 4 N–H and O–H groups in total. The van der Waals surface area contributed by atoms with Crippen LogP contribution >= 0.6 is 0 Å². The van der Waals surface area contributed by atoms with Crippen molar-refractivity contribution in [1.82, 2.24) is 5.32 Å². The molecule has 0 spiro atoms. The van der Waals surface area contributed by atoms with Crippen LogP contribution in [0.1, 0.15) is 12.8 Å². The van der Waals surface area contributed by atoms with E-state index >= 15 is 0 Å². The van der Waals surface area contributed by atoms with E-state index in [1.807, 2.05) is 0 Å². The Balaban J connectivity index is 3.23. The molecule has 0 aliphatic carbocycles. The third kappa shape index (κ3) is 11.3. The molecule has 0 aromatic rings. The van der Waals surface area contributed by atoms with Gasteiger partial charge in [0.2, 0.25) is 5.91 Å². The minimum atomic E-state index is -3.86. The van der Waals surface area contributed by atoms with E-state index in [-0.39, 0.29) is 12.2 Å². The number of hydrogen-bond donors (Lipinski definition) is 3. The van der Waals surface area contributed by atoms with Gasteiger partial charge in [0.05, 0.1) is 5.75 Å². The van der Waals surface area contributed by atoms with Gasteiger partial charge in [0, 0.05) is 13.0 Å². The van der Waals surface area contributed by atoms with E-state index in [0.29, 0.717) is 19.5 Å². The highest BCUT2D eigenvalue weighted by molar-refractivity contribution is 7.85. The number of rotatable bonds is 7. The lowest BCUT2D eigenvalue weighted by Crippen LogP contribution is -2.24. The topological polar surface area (TPSA) is 109 Å². The third-order valence-corrected chi connectivity index (χ3v) is 2.11. The Kier molecular flexibility index (Phi) is 5.60. The Morgan fingerprint density at radius 3 is 2.46 bits per heavy atom. The fraction of sp³-hybridized carbons (Fsp3) is 0.833. The molecular formula is C6H14N2O4S. The highest BCUT2D eigenvalue weighted by Gasteiger charge is 2.02. The quantitative estimate of drug-likeness (QED) is 0.358. The summed E-state index contributed by atoms with van der Waals surface area (Å²) >= 11 is 0. The van der Waals surface area contributed by atoms with Gasteiger partial charge in [-0.3, -0.25) is 9.35 Å². The van der Waals surface area contributed by atoms with E-state index in [9.17, 15) is 13.2 Å². The van der Waals surface area contributed by atoms with Gasteiger partial charge in [0.15, 0.2) is 0 Å². The molecule has 0 atom stereocenters. The van der Waals surface area contributed by atoms with E-state index in [4.69, 9.17) is 10.3 Å². The molecule has 78 valence electrons. The Morgan fingerprint density at radius 1 is 1.38 bits per heavy atom. The summed E-state index contributed by atoms with van der Waals surface area (Å²) in [7, 11) is -3.86. The zero-order valence-corrected chi connectivity index (χ0v) is 8.01. The molecule has 6 nitrogen and oxygen atoms in total. The molecule has 0 saturated heterocycles. The molecule has 0 rings (SSSR count). The molecule has 0 aliphatic rings. The van der Waals surface area contributed by atoms with Crippen LogP contribution in [0.3, 0.4) is 0 Å². The fourth-order valence-corrected chi connectivity index (χ4v) is 1.23. The highest BCUT2D eigenvalue weighted by Crippen LogP contribution is 1.86. The van der Waals surface area contributed by atoms with Crippen molar-refractivity contribution < 1.29 is 17.8 Å². The first-order valence-electron chi connectivity index (χ1n) is 3.86. The highest BCUT2D eigenvalue weighted by atomic mass is 32.2. The summed E-state index contributed by atoms with van der Waals surface area (Å²) in [6, 6.07) is 0. The number of nitrogens with two attached hydrogens (primary N) is 1. The van der Waals surface area contributed by atoms with Crippen molar-refractivity contribution in [2.24, 2.45) is 5.73 Å². The summed E-state index contributed by atoms with van der Waals surface area (Å²) in [5.74, 6) is -0.668. The number of carbonyl (C=O) groups excluding carboxylic acids is 1. The van der Waals surface area contributed by atoms with E-state index in [0.717, 1.165) is 0 Å². The second kappa shape index (κ2) is 5.90. The number of hydrogen-bond acceptors (Lipinski definition) is 4. The molecule has 0 heterocycles. The summed E-state index contributed by atoms with van der Waals surface area (Å²) in [5, 5.41) is 2.81.